The Kier molecular flexibility index (Phi) is 6.62. The summed E-state index contributed by atoms with van der Waals surface area (Å²) in [6, 6.07) is 11.4. The van der Waals surface area contributed by atoms with E-state index in [1.54, 1.807) is 23.9 Å². The first-order valence-electron chi connectivity index (χ1n) is 7.77. The number of amides is 1. The van der Waals surface area contributed by atoms with Crippen LogP contribution in [0.5, 0.6) is 0 Å². The Morgan fingerprint density at radius 3 is 2.42 bits per heavy atom. The Morgan fingerprint density at radius 2 is 1.79 bits per heavy atom. The molecule has 0 aliphatic rings. The van der Waals surface area contributed by atoms with E-state index in [4.69, 9.17) is 23.2 Å². The zero-order valence-corrected chi connectivity index (χ0v) is 16.5. The molecule has 0 aromatic heterocycles. The number of hydrogen-bond acceptors (Lipinski definition) is 2. The van der Waals surface area contributed by atoms with E-state index in [0.29, 0.717) is 10.0 Å². The number of carbonyl (C=O) groups is 1. The van der Waals surface area contributed by atoms with E-state index < -0.39 is 0 Å². The lowest BCUT2D eigenvalue weighted by molar-refractivity contribution is -0.120. The van der Waals surface area contributed by atoms with E-state index in [1.807, 2.05) is 19.9 Å². The first kappa shape index (κ1) is 19.2. The molecule has 24 heavy (non-hydrogen) atoms. The Bertz CT molecular complexity index is 748. The van der Waals surface area contributed by atoms with Crippen LogP contribution in [0.25, 0.3) is 0 Å². The molecule has 0 aliphatic carbocycles. The van der Waals surface area contributed by atoms with Crippen LogP contribution < -0.4 is 5.32 Å². The quantitative estimate of drug-likeness (QED) is 0.646. The van der Waals surface area contributed by atoms with Gasteiger partial charge in [-0.1, -0.05) is 47.0 Å². The van der Waals surface area contributed by atoms with E-state index in [9.17, 15) is 4.79 Å². The van der Waals surface area contributed by atoms with Crippen molar-refractivity contribution in [3.8, 4) is 0 Å². The lowest BCUT2D eigenvalue weighted by Gasteiger charge is -2.19. The maximum absolute atomic E-state index is 12.5. The zero-order valence-electron chi connectivity index (χ0n) is 14.2. The highest BCUT2D eigenvalue weighted by Crippen LogP contribution is 2.29. The van der Waals surface area contributed by atoms with E-state index in [0.717, 1.165) is 10.5 Å². The van der Waals surface area contributed by atoms with Crippen LogP contribution in [0.15, 0.2) is 41.3 Å². The highest BCUT2D eigenvalue weighted by molar-refractivity contribution is 8.00. The van der Waals surface area contributed by atoms with Gasteiger partial charge in [-0.25, -0.2) is 0 Å². The summed E-state index contributed by atoms with van der Waals surface area (Å²) in [6.07, 6.45) is 0. The van der Waals surface area contributed by atoms with Crippen LogP contribution in [0, 0.1) is 13.8 Å². The molecule has 0 unspecified atom stereocenters. The van der Waals surface area contributed by atoms with Gasteiger partial charge in [-0.05, 0) is 57.0 Å². The molecule has 2 aromatic carbocycles. The maximum Gasteiger partial charge on any atom is 0.233 e. The molecule has 1 amide bonds. The Balaban J connectivity index is 2.02. The van der Waals surface area contributed by atoms with Crippen molar-refractivity contribution in [1.29, 1.82) is 0 Å². The van der Waals surface area contributed by atoms with Crippen LogP contribution in [0.1, 0.15) is 36.6 Å². The molecule has 2 rings (SSSR count). The summed E-state index contributed by atoms with van der Waals surface area (Å²) in [5, 5.41) is 3.97. The molecule has 0 spiro atoms. The Hall–Kier alpha value is -1.16. The van der Waals surface area contributed by atoms with Crippen molar-refractivity contribution in [3.63, 3.8) is 0 Å². The van der Waals surface area contributed by atoms with Crippen molar-refractivity contribution < 1.29 is 4.79 Å². The molecular formula is C19H21Cl2NOS. The molecule has 0 saturated carbocycles. The minimum atomic E-state index is -0.195. The summed E-state index contributed by atoms with van der Waals surface area (Å²) in [6.45, 7) is 7.96. The summed E-state index contributed by atoms with van der Waals surface area (Å²) in [5.41, 5.74) is 3.27. The Morgan fingerprint density at radius 1 is 1.08 bits per heavy atom. The van der Waals surface area contributed by atoms with Gasteiger partial charge in [0, 0.05) is 14.9 Å². The molecule has 0 saturated heterocycles. The lowest BCUT2D eigenvalue weighted by Crippen LogP contribution is -2.33. The third-order valence-corrected chi connectivity index (χ3v) is 5.63. The van der Waals surface area contributed by atoms with Crippen molar-refractivity contribution in [2.24, 2.45) is 0 Å². The van der Waals surface area contributed by atoms with Crippen molar-refractivity contribution in [2.45, 2.75) is 43.9 Å². The number of nitrogens with one attached hydrogen (secondary N) is 1. The van der Waals surface area contributed by atoms with Crippen molar-refractivity contribution >= 4 is 40.9 Å². The standard InChI is InChI=1S/C19H21Cl2NOS/c1-11-5-8-18(12(2)9-11)24-14(4)19(23)22-13(3)16-7-6-15(20)10-17(16)21/h5-10,13-14H,1-4H3,(H,22,23)/t13-,14-/m0/s1. The molecule has 0 aliphatic heterocycles. The second-order valence-electron chi connectivity index (χ2n) is 5.93. The molecule has 5 heteroatoms. The topological polar surface area (TPSA) is 29.1 Å². The number of carbonyl (C=O) groups excluding carboxylic acids is 1. The number of benzene rings is 2. The lowest BCUT2D eigenvalue weighted by atomic mass is 10.1. The van der Waals surface area contributed by atoms with Crippen LogP contribution in [0.4, 0.5) is 0 Å². The molecule has 0 heterocycles. The molecule has 2 atom stereocenters. The van der Waals surface area contributed by atoms with Crippen LogP contribution in [-0.2, 0) is 4.79 Å². The number of halogens is 2. The van der Waals surface area contributed by atoms with Gasteiger partial charge in [0.25, 0.3) is 0 Å². The average molecular weight is 382 g/mol. The van der Waals surface area contributed by atoms with Gasteiger partial charge in [-0.15, -0.1) is 11.8 Å². The van der Waals surface area contributed by atoms with E-state index in [-0.39, 0.29) is 17.2 Å². The van der Waals surface area contributed by atoms with Crippen LogP contribution in [0.2, 0.25) is 10.0 Å². The summed E-state index contributed by atoms with van der Waals surface area (Å²) in [4.78, 5) is 13.6. The predicted octanol–water partition coefficient (Wildman–Crippen LogP) is 5.97. The van der Waals surface area contributed by atoms with E-state index in [2.05, 4.69) is 37.4 Å². The van der Waals surface area contributed by atoms with Gasteiger partial charge in [0.05, 0.1) is 11.3 Å². The second-order valence-corrected chi connectivity index (χ2v) is 8.15. The SMILES string of the molecule is Cc1ccc(S[C@@H](C)C(=O)N[C@@H](C)c2ccc(Cl)cc2Cl)c(C)c1. The number of rotatable bonds is 5. The van der Waals surface area contributed by atoms with E-state index >= 15 is 0 Å². The van der Waals surface area contributed by atoms with Crippen LogP contribution >= 0.6 is 35.0 Å². The molecule has 0 bridgehead atoms. The first-order chi connectivity index (χ1) is 11.3. The molecule has 2 aromatic rings. The molecule has 0 fully saturated rings. The fourth-order valence-corrected chi connectivity index (χ4v) is 3.96. The molecular weight excluding hydrogens is 361 g/mol. The zero-order chi connectivity index (χ0) is 17.9. The monoisotopic (exact) mass is 381 g/mol. The van der Waals surface area contributed by atoms with E-state index in [1.165, 1.54) is 11.1 Å². The summed E-state index contributed by atoms with van der Waals surface area (Å²) in [5.74, 6) is -0.0153. The highest BCUT2D eigenvalue weighted by Gasteiger charge is 2.19. The third kappa shape index (κ3) is 4.92. The maximum atomic E-state index is 12.5. The minimum Gasteiger partial charge on any atom is -0.349 e. The highest BCUT2D eigenvalue weighted by atomic mass is 35.5. The summed E-state index contributed by atoms with van der Waals surface area (Å²) >= 11 is 13.7. The normalized spacial score (nSPS) is 13.4. The number of aryl methyl sites for hydroxylation is 2. The largest absolute Gasteiger partial charge is 0.349 e. The minimum absolute atomic E-state index is 0.0153. The fraction of sp³-hybridized carbons (Fsp3) is 0.316. The molecule has 0 radical (unpaired) electrons. The van der Waals surface area contributed by atoms with Crippen LogP contribution in [-0.4, -0.2) is 11.2 Å². The molecule has 128 valence electrons. The first-order valence-corrected chi connectivity index (χ1v) is 9.40. The van der Waals surface area contributed by atoms with Gasteiger partial charge in [0.2, 0.25) is 5.91 Å². The molecule has 2 nitrogen and oxygen atoms in total. The van der Waals surface area contributed by atoms with Gasteiger partial charge in [-0.2, -0.15) is 0 Å². The smallest absolute Gasteiger partial charge is 0.233 e. The van der Waals surface area contributed by atoms with Crippen molar-refractivity contribution in [2.75, 3.05) is 0 Å². The van der Waals surface area contributed by atoms with Gasteiger partial charge in [0.1, 0.15) is 0 Å². The fourth-order valence-electron chi connectivity index (χ4n) is 2.44. The predicted molar refractivity (Wildman–Crippen MR) is 104 cm³/mol. The Labute approximate surface area is 157 Å². The van der Waals surface area contributed by atoms with Crippen LogP contribution in [0.3, 0.4) is 0 Å². The summed E-state index contributed by atoms with van der Waals surface area (Å²) in [7, 11) is 0. The second kappa shape index (κ2) is 8.28. The number of hydrogen-bond donors (Lipinski definition) is 1. The molecule has 1 N–H and O–H groups in total. The van der Waals surface area contributed by atoms with Gasteiger partial charge in [0.15, 0.2) is 0 Å². The third-order valence-electron chi connectivity index (χ3n) is 3.79. The van der Waals surface area contributed by atoms with Gasteiger partial charge >= 0.3 is 0 Å². The summed E-state index contributed by atoms with van der Waals surface area (Å²) < 4.78 is 0. The van der Waals surface area contributed by atoms with Crippen molar-refractivity contribution in [1.82, 2.24) is 5.32 Å². The number of thioether (sulfide) groups is 1. The van der Waals surface area contributed by atoms with Gasteiger partial charge < -0.3 is 5.32 Å². The average Bonchev–Trinajstić information content (AvgIpc) is 2.49. The van der Waals surface area contributed by atoms with Gasteiger partial charge in [-0.3, -0.25) is 4.79 Å². The van der Waals surface area contributed by atoms with Crippen molar-refractivity contribution in [3.05, 3.63) is 63.1 Å².